The van der Waals surface area contributed by atoms with Crippen LogP contribution in [0.25, 0.3) is 0 Å². The SMILES string of the molecule is CCNC1=N[C@H]2[C@@H](S1)S[C@H](CO)[C@@H](O)[C@@H]2O. The van der Waals surface area contributed by atoms with Crippen molar-refractivity contribution in [1.82, 2.24) is 5.32 Å². The van der Waals surface area contributed by atoms with Gasteiger partial charge in [0.2, 0.25) is 0 Å². The number of nitrogens with zero attached hydrogens (tertiary/aromatic N) is 1. The minimum Gasteiger partial charge on any atom is -0.395 e. The summed E-state index contributed by atoms with van der Waals surface area (Å²) in [4.78, 5) is 4.36. The molecule has 92 valence electrons. The molecule has 0 bridgehead atoms. The third kappa shape index (κ3) is 2.19. The van der Waals surface area contributed by atoms with Crippen LogP contribution in [0.5, 0.6) is 0 Å². The molecule has 2 heterocycles. The van der Waals surface area contributed by atoms with Crippen LogP contribution in [0.4, 0.5) is 0 Å². The molecule has 2 rings (SSSR count). The third-order valence-electron chi connectivity index (χ3n) is 2.67. The number of thioether (sulfide) groups is 2. The van der Waals surface area contributed by atoms with Crippen LogP contribution in [-0.2, 0) is 0 Å². The highest BCUT2D eigenvalue weighted by Gasteiger charge is 2.47. The van der Waals surface area contributed by atoms with Gasteiger partial charge in [-0.05, 0) is 6.92 Å². The molecule has 5 nitrogen and oxygen atoms in total. The molecule has 0 amide bonds. The number of hydrogen-bond acceptors (Lipinski definition) is 7. The number of nitrogens with one attached hydrogen (secondary N) is 1. The first-order valence-corrected chi connectivity index (χ1v) is 7.10. The van der Waals surface area contributed by atoms with Crippen LogP contribution in [-0.4, -0.2) is 61.7 Å². The average molecular weight is 264 g/mol. The normalized spacial score (nSPS) is 42.8. The fourth-order valence-corrected chi connectivity index (χ4v) is 4.87. The van der Waals surface area contributed by atoms with Crippen molar-refractivity contribution in [2.45, 2.75) is 35.0 Å². The third-order valence-corrected chi connectivity index (χ3v) is 5.60. The van der Waals surface area contributed by atoms with E-state index in [1.165, 1.54) is 11.8 Å². The smallest absolute Gasteiger partial charge is 0.158 e. The van der Waals surface area contributed by atoms with Crippen molar-refractivity contribution in [3.63, 3.8) is 0 Å². The summed E-state index contributed by atoms with van der Waals surface area (Å²) in [6, 6.07) is -0.276. The van der Waals surface area contributed by atoms with E-state index in [9.17, 15) is 10.2 Å². The molecule has 16 heavy (non-hydrogen) atoms. The lowest BCUT2D eigenvalue weighted by atomic mass is 10.0. The second-order valence-corrected chi connectivity index (χ2v) is 6.59. The fraction of sp³-hybridized carbons (Fsp3) is 0.889. The van der Waals surface area contributed by atoms with Gasteiger partial charge < -0.3 is 20.6 Å². The van der Waals surface area contributed by atoms with E-state index in [-0.39, 0.29) is 22.5 Å². The van der Waals surface area contributed by atoms with E-state index in [1.807, 2.05) is 6.92 Å². The van der Waals surface area contributed by atoms with Crippen molar-refractivity contribution >= 4 is 28.7 Å². The highest BCUT2D eigenvalue weighted by Crippen LogP contribution is 2.44. The number of aliphatic hydroxyl groups is 3. The zero-order valence-corrected chi connectivity index (χ0v) is 10.5. The van der Waals surface area contributed by atoms with E-state index < -0.39 is 12.2 Å². The van der Waals surface area contributed by atoms with Gasteiger partial charge in [0, 0.05) is 6.54 Å². The number of amidine groups is 1. The molecule has 0 saturated carbocycles. The molecule has 1 saturated heterocycles. The molecular formula is C9H16N2O3S2. The Morgan fingerprint density at radius 2 is 2.12 bits per heavy atom. The molecule has 0 aromatic rings. The van der Waals surface area contributed by atoms with Crippen molar-refractivity contribution in [1.29, 1.82) is 0 Å². The van der Waals surface area contributed by atoms with Crippen molar-refractivity contribution in [2.75, 3.05) is 13.2 Å². The largest absolute Gasteiger partial charge is 0.395 e. The lowest BCUT2D eigenvalue weighted by Crippen LogP contribution is -2.51. The molecule has 0 radical (unpaired) electrons. The maximum Gasteiger partial charge on any atom is 0.158 e. The van der Waals surface area contributed by atoms with Gasteiger partial charge in [-0.25, -0.2) is 0 Å². The fourth-order valence-electron chi connectivity index (χ4n) is 1.82. The molecule has 0 aromatic carbocycles. The summed E-state index contributed by atoms with van der Waals surface area (Å²) in [7, 11) is 0. The summed E-state index contributed by atoms with van der Waals surface area (Å²) in [5, 5.41) is 32.4. The topological polar surface area (TPSA) is 85.1 Å². The number of rotatable bonds is 2. The number of fused-ring (bicyclic) bond motifs is 1. The molecular weight excluding hydrogens is 248 g/mol. The number of aliphatic hydroxyl groups excluding tert-OH is 3. The van der Waals surface area contributed by atoms with Crippen molar-refractivity contribution in [3.05, 3.63) is 0 Å². The Bertz CT molecular complexity index is 290. The molecule has 5 atom stereocenters. The molecule has 0 aliphatic carbocycles. The van der Waals surface area contributed by atoms with Crippen molar-refractivity contribution < 1.29 is 15.3 Å². The maximum absolute atomic E-state index is 9.91. The predicted molar refractivity (Wildman–Crippen MR) is 66.8 cm³/mol. The molecule has 4 N–H and O–H groups in total. The van der Waals surface area contributed by atoms with Gasteiger partial charge in [-0.1, -0.05) is 11.8 Å². The molecule has 7 heteroatoms. The van der Waals surface area contributed by atoms with Crippen LogP contribution in [0.15, 0.2) is 4.99 Å². The van der Waals surface area contributed by atoms with Gasteiger partial charge in [0.15, 0.2) is 5.17 Å². The van der Waals surface area contributed by atoms with E-state index in [1.54, 1.807) is 11.8 Å². The summed E-state index contributed by atoms with van der Waals surface area (Å²) in [5.41, 5.74) is 0. The van der Waals surface area contributed by atoms with E-state index in [0.717, 1.165) is 11.7 Å². The zero-order chi connectivity index (χ0) is 11.7. The minimum absolute atomic E-state index is 0.0876. The number of aliphatic imine (C=N–C) groups is 1. The van der Waals surface area contributed by atoms with Crippen LogP contribution in [0.3, 0.4) is 0 Å². The Labute approximate surface area is 103 Å². The number of hydrogen-bond donors (Lipinski definition) is 4. The Balaban J connectivity index is 2.08. The van der Waals surface area contributed by atoms with E-state index in [4.69, 9.17) is 5.11 Å². The second-order valence-electron chi connectivity index (χ2n) is 3.78. The lowest BCUT2D eigenvalue weighted by Gasteiger charge is -2.36. The second kappa shape index (κ2) is 5.14. The summed E-state index contributed by atoms with van der Waals surface area (Å²) in [6.45, 7) is 2.65. The average Bonchev–Trinajstić information content (AvgIpc) is 2.67. The van der Waals surface area contributed by atoms with Gasteiger partial charge in [0.25, 0.3) is 0 Å². The van der Waals surface area contributed by atoms with Crippen LogP contribution < -0.4 is 5.32 Å². The highest BCUT2D eigenvalue weighted by atomic mass is 32.2. The quantitative estimate of drug-likeness (QED) is 0.524. The van der Waals surface area contributed by atoms with E-state index in [2.05, 4.69) is 10.3 Å². The summed E-state index contributed by atoms with van der Waals surface area (Å²) in [6.07, 6.45) is -1.78. The van der Waals surface area contributed by atoms with Gasteiger partial charge in [-0.15, -0.1) is 11.8 Å². The van der Waals surface area contributed by atoms with Gasteiger partial charge >= 0.3 is 0 Å². The van der Waals surface area contributed by atoms with Crippen molar-refractivity contribution in [3.8, 4) is 0 Å². The summed E-state index contributed by atoms with van der Waals surface area (Å²) < 4.78 is 0.0876. The minimum atomic E-state index is -0.901. The summed E-state index contributed by atoms with van der Waals surface area (Å²) >= 11 is 3.06. The standard InChI is InChI=1S/C9H16N2O3S2/c1-2-10-9-11-5-7(14)6(13)4(3-12)15-8(5)16-9/h4-8,12-14H,2-3H2,1H3,(H,10,11)/t4-,5-,6-,7-,8-/m1/s1. The zero-order valence-electron chi connectivity index (χ0n) is 8.91. The molecule has 2 aliphatic heterocycles. The Morgan fingerprint density at radius 1 is 1.38 bits per heavy atom. The van der Waals surface area contributed by atoms with Gasteiger partial charge in [-0.3, -0.25) is 4.99 Å². The predicted octanol–water partition coefficient (Wildman–Crippen LogP) is -0.777. The lowest BCUT2D eigenvalue weighted by molar-refractivity contribution is -0.00540. The molecule has 2 aliphatic rings. The Kier molecular flexibility index (Phi) is 4.01. The molecule has 1 fully saturated rings. The molecule has 0 unspecified atom stereocenters. The summed E-state index contributed by atoms with van der Waals surface area (Å²) in [5.74, 6) is 0. The van der Waals surface area contributed by atoms with E-state index in [0.29, 0.717) is 0 Å². The maximum atomic E-state index is 9.91. The van der Waals surface area contributed by atoms with Crippen LogP contribution in [0, 0.1) is 0 Å². The first-order valence-electron chi connectivity index (χ1n) is 5.28. The van der Waals surface area contributed by atoms with Gasteiger partial charge in [0.1, 0.15) is 12.1 Å². The van der Waals surface area contributed by atoms with Crippen LogP contribution in [0.2, 0.25) is 0 Å². The molecule has 0 spiro atoms. The monoisotopic (exact) mass is 264 g/mol. The van der Waals surface area contributed by atoms with Crippen LogP contribution >= 0.6 is 23.5 Å². The first kappa shape index (κ1) is 12.5. The van der Waals surface area contributed by atoms with Gasteiger partial charge in [0.05, 0.1) is 22.5 Å². The van der Waals surface area contributed by atoms with E-state index >= 15 is 0 Å². The first-order chi connectivity index (χ1) is 7.67. The molecule has 0 aromatic heterocycles. The Hall–Kier alpha value is 0.0500. The Morgan fingerprint density at radius 3 is 2.75 bits per heavy atom. The highest BCUT2D eigenvalue weighted by molar-refractivity contribution is 8.25. The van der Waals surface area contributed by atoms with Gasteiger partial charge in [-0.2, -0.15) is 0 Å². The van der Waals surface area contributed by atoms with Crippen molar-refractivity contribution in [2.24, 2.45) is 4.99 Å². The van der Waals surface area contributed by atoms with Crippen LogP contribution in [0.1, 0.15) is 6.92 Å².